The van der Waals surface area contributed by atoms with Gasteiger partial charge in [0.15, 0.2) is 0 Å². The van der Waals surface area contributed by atoms with E-state index in [9.17, 15) is 0 Å². The van der Waals surface area contributed by atoms with Crippen molar-refractivity contribution in [2.45, 2.75) is 32.8 Å². The lowest BCUT2D eigenvalue weighted by Crippen LogP contribution is -2.13. The van der Waals surface area contributed by atoms with Crippen LogP contribution >= 0.6 is 0 Å². The molecule has 0 saturated carbocycles. The molecule has 0 spiro atoms. The van der Waals surface area contributed by atoms with Crippen molar-refractivity contribution in [2.24, 2.45) is 0 Å². The van der Waals surface area contributed by atoms with Gasteiger partial charge in [0.05, 0.1) is 6.10 Å². The Morgan fingerprint density at radius 2 is 1.88 bits per heavy atom. The number of rotatable bonds is 3. The highest BCUT2D eigenvalue weighted by atomic mass is 16.5. The summed E-state index contributed by atoms with van der Waals surface area (Å²) in [7, 11) is 0. The lowest BCUT2D eigenvalue weighted by molar-refractivity contribution is 0.242. The van der Waals surface area contributed by atoms with Crippen molar-refractivity contribution < 1.29 is 4.74 Å². The van der Waals surface area contributed by atoms with Gasteiger partial charge in [0, 0.05) is 0 Å². The van der Waals surface area contributed by atoms with Crippen molar-refractivity contribution in [2.75, 3.05) is 13.1 Å². The Kier molecular flexibility index (Phi) is 4.21. The first-order valence-electron chi connectivity index (χ1n) is 6.42. The second-order valence-corrected chi connectivity index (χ2v) is 4.71. The third kappa shape index (κ3) is 3.60. The largest absolute Gasteiger partial charge is 0.491 e. The molecule has 2 nitrogen and oxygen atoms in total. The van der Waals surface area contributed by atoms with E-state index in [0.29, 0.717) is 0 Å². The number of hydrogen-bond acceptors (Lipinski definition) is 2. The average Bonchev–Trinajstić information content (AvgIpc) is 2.58. The van der Waals surface area contributed by atoms with Gasteiger partial charge in [-0.05, 0) is 63.0 Å². The SMILES string of the molecule is CC(C)Oc1ccc(C2=CCCNCC2)cc1. The molecule has 1 aliphatic rings. The van der Waals surface area contributed by atoms with Gasteiger partial charge in [-0.1, -0.05) is 18.2 Å². The van der Waals surface area contributed by atoms with E-state index in [1.807, 2.05) is 13.8 Å². The van der Waals surface area contributed by atoms with Crippen molar-refractivity contribution in [3.63, 3.8) is 0 Å². The van der Waals surface area contributed by atoms with Gasteiger partial charge in [-0.15, -0.1) is 0 Å². The van der Waals surface area contributed by atoms with E-state index in [1.165, 1.54) is 11.1 Å². The van der Waals surface area contributed by atoms with Gasteiger partial charge < -0.3 is 10.1 Å². The summed E-state index contributed by atoms with van der Waals surface area (Å²) in [6.45, 7) is 6.27. The Morgan fingerprint density at radius 1 is 1.12 bits per heavy atom. The number of hydrogen-bond donors (Lipinski definition) is 1. The van der Waals surface area contributed by atoms with E-state index in [2.05, 4.69) is 35.7 Å². The first-order valence-corrected chi connectivity index (χ1v) is 6.42. The molecule has 0 atom stereocenters. The second kappa shape index (κ2) is 5.87. The van der Waals surface area contributed by atoms with Crippen LogP contribution in [0.3, 0.4) is 0 Å². The maximum absolute atomic E-state index is 5.65. The van der Waals surface area contributed by atoms with Crippen molar-refractivity contribution in [1.82, 2.24) is 5.32 Å². The van der Waals surface area contributed by atoms with Crippen LogP contribution in [0.5, 0.6) is 5.75 Å². The number of nitrogens with one attached hydrogen (secondary N) is 1. The summed E-state index contributed by atoms with van der Waals surface area (Å²) < 4.78 is 5.65. The summed E-state index contributed by atoms with van der Waals surface area (Å²) in [5.74, 6) is 0.955. The van der Waals surface area contributed by atoms with E-state index in [4.69, 9.17) is 4.74 Å². The van der Waals surface area contributed by atoms with E-state index in [-0.39, 0.29) is 6.10 Å². The van der Waals surface area contributed by atoms with Gasteiger partial charge in [-0.3, -0.25) is 0 Å². The summed E-state index contributed by atoms with van der Waals surface area (Å²) >= 11 is 0. The summed E-state index contributed by atoms with van der Waals surface area (Å²) in [6.07, 6.45) is 4.82. The molecule has 1 aromatic rings. The molecule has 0 amide bonds. The van der Waals surface area contributed by atoms with Crippen molar-refractivity contribution in [1.29, 1.82) is 0 Å². The molecular formula is C15H21NO. The Labute approximate surface area is 104 Å². The van der Waals surface area contributed by atoms with Gasteiger partial charge in [-0.25, -0.2) is 0 Å². The van der Waals surface area contributed by atoms with Crippen LogP contribution in [-0.4, -0.2) is 19.2 Å². The predicted molar refractivity (Wildman–Crippen MR) is 72.3 cm³/mol. The van der Waals surface area contributed by atoms with Crippen molar-refractivity contribution in [3.8, 4) is 5.75 Å². The van der Waals surface area contributed by atoms with E-state index < -0.39 is 0 Å². The maximum Gasteiger partial charge on any atom is 0.119 e. The second-order valence-electron chi connectivity index (χ2n) is 4.71. The van der Waals surface area contributed by atoms with Crippen molar-refractivity contribution in [3.05, 3.63) is 35.9 Å². The smallest absolute Gasteiger partial charge is 0.119 e. The molecule has 0 radical (unpaired) electrons. The minimum Gasteiger partial charge on any atom is -0.491 e. The van der Waals surface area contributed by atoms with E-state index >= 15 is 0 Å². The van der Waals surface area contributed by atoms with Crippen LogP contribution in [0, 0.1) is 0 Å². The summed E-state index contributed by atoms with van der Waals surface area (Å²) in [5.41, 5.74) is 2.77. The zero-order valence-electron chi connectivity index (χ0n) is 10.7. The van der Waals surface area contributed by atoms with Crippen LogP contribution in [0.15, 0.2) is 30.3 Å². The number of benzene rings is 1. The zero-order chi connectivity index (χ0) is 12.1. The van der Waals surface area contributed by atoms with Gasteiger partial charge in [0.25, 0.3) is 0 Å². The van der Waals surface area contributed by atoms with Crippen LogP contribution in [0.4, 0.5) is 0 Å². The highest BCUT2D eigenvalue weighted by molar-refractivity contribution is 5.66. The quantitative estimate of drug-likeness (QED) is 0.862. The molecule has 92 valence electrons. The van der Waals surface area contributed by atoms with Crippen LogP contribution in [0.2, 0.25) is 0 Å². The Hall–Kier alpha value is -1.28. The minimum atomic E-state index is 0.238. The normalized spacial score (nSPS) is 16.5. The zero-order valence-corrected chi connectivity index (χ0v) is 10.7. The minimum absolute atomic E-state index is 0.238. The first kappa shape index (κ1) is 12.2. The maximum atomic E-state index is 5.65. The third-order valence-electron chi connectivity index (χ3n) is 2.88. The van der Waals surface area contributed by atoms with Gasteiger partial charge in [-0.2, -0.15) is 0 Å². The molecule has 0 aliphatic carbocycles. The lowest BCUT2D eigenvalue weighted by atomic mass is 10.0. The predicted octanol–water partition coefficient (Wildman–Crippen LogP) is 3.24. The molecule has 1 heterocycles. The molecule has 1 N–H and O–H groups in total. The fourth-order valence-electron chi connectivity index (χ4n) is 2.08. The monoisotopic (exact) mass is 231 g/mol. The molecule has 2 rings (SSSR count). The summed E-state index contributed by atoms with van der Waals surface area (Å²) in [5, 5.41) is 3.41. The highest BCUT2D eigenvalue weighted by Gasteiger charge is 2.05. The van der Waals surface area contributed by atoms with Crippen molar-refractivity contribution >= 4 is 5.57 Å². The molecule has 1 aromatic carbocycles. The summed E-state index contributed by atoms with van der Waals surface area (Å²) in [4.78, 5) is 0. The molecule has 0 fully saturated rings. The fraction of sp³-hybridized carbons (Fsp3) is 0.467. The molecule has 0 saturated heterocycles. The standard InChI is InChI=1S/C15H21NO/c1-12(2)17-15-7-5-14(6-8-15)13-4-3-10-16-11-9-13/h4-8,12,16H,3,9-11H2,1-2H3. The van der Waals surface area contributed by atoms with E-state index in [0.717, 1.165) is 31.7 Å². The topological polar surface area (TPSA) is 21.3 Å². The molecule has 0 bridgehead atoms. The van der Waals surface area contributed by atoms with Crippen LogP contribution < -0.4 is 10.1 Å². The average molecular weight is 231 g/mol. The molecule has 1 aliphatic heterocycles. The Bertz CT molecular complexity index is 378. The summed E-state index contributed by atoms with van der Waals surface area (Å²) in [6, 6.07) is 8.45. The van der Waals surface area contributed by atoms with Gasteiger partial charge >= 0.3 is 0 Å². The number of ether oxygens (including phenoxy) is 1. The molecular weight excluding hydrogens is 210 g/mol. The molecule has 0 unspecified atom stereocenters. The van der Waals surface area contributed by atoms with Crippen LogP contribution in [0.1, 0.15) is 32.3 Å². The van der Waals surface area contributed by atoms with Crippen LogP contribution in [-0.2, 0) is 0 Å². The van der Waals surface area contributed by atoms with Gasteiger partial charge in [0.2, 0.25) is 0 Å². The first-order chi connectivity index (χ1) is 8.25. The lowest BCUT2D eigenvalue weighted by Gasteiger charge is -2.11. The van der Waals surface area contributed by atoms with E-state index in [1.54, 1.807) is 0 Å². The van der Waals surface area contributed by atoms with Gasteiger partial charge in [0.1, 0.15) is 5.75 Å². The Balaban J connectivity index is 2.08. The Morgan fingerprint density at radius 3 is 2.59 bits per heavy atom. The highest BCUT2D eigenvalue weighted by Crippen LogP contribution is 2.23. The van der Waals surface area contributed by atoms with Crippen LogP contribution in [0.25, 0.3) is 5.57 Å². The molecule has 0 aromatic heterocycles. The molecule has 2 heteroatoms. The fourth-order valence-corrected chi connectivity index (χ4v) is 2.08. The molecule has 17 heavy (non-hydrogen) atoms. The third-order valence-corrected chi connectivity index (χ3v) is 2.88.